The van der Waals surface area contributed by atoms with Gasteiger partial charge in [0.1, 0.15) is 0 Å². The molecule has 0 amide bonds. The molecule has 0 aromatic carbocycles. The maximum absolute atomic E-state index is 11.5. The van der Waals surface area contributed by atoms with E-state index in [2.05, 4.69) is 6.92 Å². The first-order valence-electron chi connectivity index (χ1n) is 8.76. The molecule has 0 heterocycles. The van der Waals surface area contributed by atoms with E-state index in [-0.39, 0.29) is 19.4 Å². The number of aliphatic hydroxyl groups excluding tert-OH is 3. The van der Waals surface area contributed by atoms with Crippen molar-refractivity contribution in [1.82, 2.24) is 0 Å². The molecule has 0 aliphatic heterocycles. The molecule has 22 heavy (non-hydrogen) atoms. The van der Waals surface area contributed by atoms with Gasteiger partial charge in [0.05, 0.1) is 6.10 Å². The van der Waals surface area contributed by atoms with E-state index in [4.69, 9.17) is 9.84 Å². The van der Waals surface area contributed by atoms with Gasteiger partial charge in [0, 0.05) is 19.4 Å². The molecule has 0 rings (SSSR count). The van der Waals surface area contributed by atoms with Gasteiger partial charge in [-0.15, -0.1) is 0 Å². The first kappa shape index (κ1) is 21.4. The summed E-state index contributed by atoms with van der Waals surface area (Å²) in [5, 5.41) is 27.5. The largest absolute Gasteiger partial charge is 0.436 e. The van der Waals surface area contributed by atoms with Crippen molar-refractivity contribution in [3.63, 3.8) is 0 Å². The van der Waals surface area contributed by atoms with Gasteiger partial charge in [-0.2, -0.15) is 0 Å². The highest BCUT2D eigenvalue weighted by Gasteiger charge is 2.15. The fourth-order valence-corrected chi connectivity index (χ4v) is 2.34. The monoisotopic (exact) mass is 318 g/mol. The van der Waals surface area contributed by atoms with E-state index in [1.165, 1.54) is 38.5 Å². The number of rotatable bonds is 15. The lowest BCUT2D eigenvalue weighted by Gasteiger charge is -2.15. The Morgan fingerprint density at radius 3 is 2.05 bits per heavy atom. The van der Waals surface area contributed by atoms with Gasteiger partial charge < -0.3 is 20.1 Å². The van der Waals surface area contributed by atoms with E-state index in [0.29, 0.717) is 6.42 Å². The zero-order valence-corrected chi connectivity index (χ0v) is 14.0. The highest BCUT2D eigenvalue weighted by atomic mass is 16.6. The van der Waals surface area contributed by atoms with E-state index >= 15 is 0 Å². The fraction of sp³-hybridized carbons (Fsp3) is 0.941. The Labute approximate surface area is 134 Å². The van der Waals surface area contributed by atoms with Crippen molar-refractivity contribution >= 4 is 5.97 Å². The Kier molecular flexibility index (Phi) is 14.8. The molecular formula is C17H34O5. The van der Waals surface area contributed by atoms with Crippen LogP contribution in [0.25, 0.3) is 0 Å². The fourth-order valence-electron chi connectivity index (χ4n) is 2.34. The maximum atomic E-state index is 11.5. The van der Waals surface area contributed by atoms with Crippen LogP contribution in [0, 0.1) is 0 Å². The summed E-state index contributed by atoms with van der Waals surface area (Å²) >= 11 is 0. The summed E-state index contributed by atoms with van der Waals surface area (Å²) in [5.41, 5.74) is 0. The Bertz CT molecular complexity index is 257. The molecule has 0 fully saturated rings. The van der Waals surface area contributed by atoms with Crippen LogP contribution < -0.4 is 0 Å². The predicted octanol–water partition coefficient (Wildman–Crippen LogP) is 2.90. The minimum atomic E-state index is -1.28. The van der Waals surface area contributed by atoms with Crippen LogP contribution in [0.2, 0.25) is 0 Å². The van der Waals surface area contributed by atoms with Crippen LogP contribution in [-0.2, 0) is 9.53 Å². The summed E-state index contributed by atoms with van der Waals surface area (Å²) in [6.07, 6.45) is 8.92. The average molecular weight is 318 g/mol. The molecule has 2 atom stereocenters. The summed E-state index contributed by atoms with van der Waals surface area (Å²) in [4.78, 5) is 11.5. The van der Waals surface area contributed by atoms with Gasteiger partial charge in [-0.1, -0.05) is 58.3 Å². The number of carbonyl (C=O) groups excluding carboxylic acids is 1. The molecule has 0 aliphatic rings. The number of aliphatic hydroxyl groups is 3. The quantitative estimate of drug-likeness (QED) is 0.245. The van der Waals surface area contributed by atoms with Crippen LogP contribution in [0.1, 0.15) is 84.0 Å². The van der Waals surface area contributed by atoms with Crippen molar-refractivity contribution in [1.29, 1.82) is 0 Å². The second kappa shape index (κ2) is 15.3. The van der Waals surface area contributed by atoms with E-state index in [9.17, 15) is 15.0 Å². The Hall–Kier alpha value is -0.650. The normalized spacial score (nSPS) is 13.8. The molecule has 0 aromatic rings. The number of ether oxygens (including phenoxy) is 1. The van der Waals surface area contributed by atoms with E-state index in [0.717, 1.165) is 19.3 Å². The lowest BCUT2D eigenvalue weighted by molar-refractivity contribution is -0.172. The van der Waals surface area contributed by atoms with E-state index < -0.39 is 18.4 Å². The molecule has 2 unspecified atom stereocenters. The summed E-state index contributed by atoms with van der Waals surface area (Å²) in [5.74, 6) is -0.424. The summed E-state index contributed by atoms with van der Waals surface area (Å²) in [7, 11) is 0. The smallest absolute Gasteiger partial charge is 0.308 e. The lowest BCUT2D eigenvalue weighted by Crippen LogP contribution is -2.24. The molecular weight excluding hydrogens is 284 g/mol. The predicted molar refractivity (Wildman–Crippen MR) is 86.3 cm³/mol. The van der Waals surface area contributed by atoms with Crippen LogP contribution in [0.3, 0.4) is 0 Å². The SMILES string of the molecule is CCCCCCCCCCCC(=O)OC(O)CC(O)CCO. The Balaban J connectivity index is 3.42. The number of esters is 1. The molecule has 3 N–H and O–H groups in total. The number of hydrogen-bond acceptors (Lipinski definition) is 5. The summed E-state index contributed by atoms with van der Waals surface area (Å²) in [6.45, 7) is 2.06. The maximum Gasteiger partial charge on any atom is 0.308 e. The van der Waals surface area contributed by atoms with Gasteiger partial charge in [-0.3, -0.25) is 4.79 Å². The van der Waals surface area contributed by atoms with Crippen molar-refractivity contribution in [3.8, 4) is 0 Å². The van der Waals surface area contributed by atoms with Crippen LogP contribution in [-0.4, -0.2) is 40.3 Å². The molecule has 0 saturated heterocycles. The van der Waals surface area contributed by atoms with Crippen LogP contribution >= 0.6 is 0 Å². The second-order valence-electron chi connectivity index (χ2n) is 5.92. The Morgan fingerprint density at radius 1 is 0.955 bits per heavy atom. The molecule has 0 aromatic heterocycles. The summed E-state index contributed by atoms with van der Waals surface area (Å²) < 4.78 is 4.81. The minimum absolute atomic E-state index is 0.0515. The van der Waals surface area contributed by atoms with Gasteiger partial charge >= 0.3 is 5.97 Å². The molecule has 0 radical (unpaired) electrons. The first-order chi connectivity index (χ1) is 10.6. The number of carbonyl (C=O) groups is 1. The van der Waals surface area contributed by atoms with Crippen molar-refractivity contribution in [2.75, 3.05) is 6.61 Å². The van der Waals surface area contributed by atoms with Crippen LogP contribution in [0.4, 0.5) is 0 Å². The molecule has 5 nitrogen and oxygen atoms in total. The third-order valence-corrected chi connectivity index (χ3v) is 3.69. The molecule has 0 aliphatic carbocycles. The molecule has 0 saturated carbocycles. The van der Waals surface area contributed by atoms with Gasteiger partial charge in [0.2, 0.25) is 6.29 Å². The highest BCUT2D eigenvalue weighted by Crippen LogP contribution is 2.11. The van der Waals surface area contributed by atoms with Crippen molar-refractivity contribution in [3.05, 3.63) is 0 Å². The molecule has 132 valence electrons. The van der Waals surface area contributed by atoms with Crippen molar-refractivity contribution < 1.29 is 24.9 Å². The second-order valence-corrected chi connectivity index (χ2v) is 5.92. The molecule has 0 bridgehead atoms. The van der Waals surface area contributed by atoms with Gasteiger partial charge in [0.15, 0.2) is 0 Å². The highest BCUT2D eigenvalue weighted by molar-refractivity contribution is 5.69. The Morgan fingerprint density at radius 2 is 1.50 bits per heavy atom. The van der Waals surface area contributed by atoms with Crippen LogP contribution in [0.15, 0.2) is 0 Å². The number of unbranched alkanes of at least 4 members (excludes halogenated alkanes) is 8. The lowest BCUT2D eigenvalue weighted by atomic mass is 10.1. The van der Waals surface area contributed by atoms with Gasteiger partial charge in [0.25, 0.3) is 0 Å². The van der Waals surface area contributed by atoms with E-state index in [1.54, 1.807) is 0 Å². The minimum Gasteiger partial charge on any atom is -0.436 e. The van der Waals surface area contributed by atoms with Crippen molar-refractivity contribution in [2.45, 2.75) is 96.4 Å². The van der Waals surface area contributed by atoms with Gasteiger partial charge in [-0.25, -0.2) is 0 Å². The molecule has 5 heteroatoms. The topological polar surface area (TPSA) is 87.0 Å². The zero-order chi connectivity index (χ0) is 16.6. The molecule has 0 spiro atoms. The average Bonchev–Trinajstić information content (AvgIpc) is 2.45. The zero-order valence-electron chi connectivity index (χ0n) is 14.0. The van der Waals surface area contributed by atoms with E-state index in [1.807, 2.05) is 0 Å². The van der Waals surface area contributed by atoms with Crippen LogP contribution in [0.5, 0.6) is 0 Å². The number of hydrogen-bond donors (Lipinski definition) is 3. The third kappa shape index (κ3) is 14.3. The standard InChI is InChI=1S/C17H34O5/c1-2-3-4-5-6-7-8-9-10-11-16(20)22-17(21)14-15(19)12-13-18/h15,17-19,21H,2-14H2,1H3. The van der Waals surface area contributed by atoms with Crippen molar-refractivity contribution in [2.24, 2.45) is 0 Å². The first-order valence-corrected chi connectivity index (χ1v) is 8.76. The van der Waals surface area contributed by atoms with Gasteiger partial charge in [-0.05, 0) is 12.8 Å². The third-order valence-electron chi connectivity index (χ3n) is 3.69. The summed E-state index contributed by atoms with van der Waals surface area (Å²) in [6, 6.07) is 0.